The summed E-state index contributed by atoms with van der Waals surface area (Å²) < 4.78 is 5.51. The van der Waals surface area contributed by atoms with E-state index < -0.39 is 30.6 Å². The van der Waals surface area contributed by atoms with Gasteiger partial charge in [0.2, 0.25) is 5.91 Å². The molecule has 3 rings (SSSR count). The molecule has 0 saturated carbocycles. The van der Waals surface area contributed by atoms with E-state index in [0.717, 1.165) is 22.3 Å². The van der Waals surface area contributed by atoms with Gasteiger partial charge in [0.05, 0.1) is 0 Å². The number of hydrogen-bond donors (Lipinski definition) is 3. The third-order valence-electron chi connectivity index (χ3n) is 5.40. The Morgan fingerprint density at radius 2 is 1.55 bits per heavy atom. The van der Waals surface area contributed by atoms with Gasteiger partial charge in [0.15, 0.2) is 0 Å². The van der Waals surface area contributed by atoms with Crippen LogP contribution in [-0.4, -0.2) is 42.3 Å². The zero-order valence-corrected chi connectivity index (χ0v) is 17.8. The molecule has 0 bridgehead atoms. The topological polar surface area (TPSA) is 105 Å². The standard InChI is InChI=1S/C24H28N2O5/c1-15(2)11-12-21(23(29)25-13-22(27)28)26-24(30)31-14-20-18-9-5-3-7-16(18)17-8-4-6-10-19(17)20/h3-10,15,20-21H,11-14H2,1-2H3,(H,25,29)(H,26,30)(H,27,28). The smallest absolute Gasteiger partial charge is 0.407 e. The summed E-state index contributed by atoms with van der Waals surface area (Å²) in [6.07, 6.45) is 0.406. The Hall–Kier alpha value is -3.35. The fourth-order valence-corrected chi connectivity index (χ4v) is 3.84. The monoisotopic (exact) mass is 424 g/mol. The molecule has 3 N–H and O–H groups in total. The highest BCUT2D eigenvalue weighted by Crippen LogP contribution is 2.44. The summed E-state index contributed by atoms with van der Waals surface area (Å²) in [7, 11) is 0. The first kappa shape index (κ1) is 22.3. The lowest BCUT2D eigenvalue weighted by atomic mass is 9.98. The molecule has 164 valence electrons. The van der Waals surface area contributed by atoms with E-state index in [0.29, 0.717) is 18.8 Å². The molecule has 0 radical (unpaired) electrons. The van der Waals surface area contributed by atoms with Crippen molar-refractivity contribution < 1.29 is 24.2 Å². The van der Waals surface area contributed by atoms with E-state index in [9.17, 15) is 14.4 Å². The largest absolute Gasteiger partial charge is 0.480 e. The maximum Gasteiger partial charge on any atom is 0.407 e. The van der Waals surface area contributed by atoms with Gasteiger partial charge in [-0.25, -0.2) is 4.79 Å². The SMILES string of the molecule is CC(C)CCC(NC(=O)OCC1c2ccccc2-c2ccccc21)C(=O)NCC(=O)O. The molecule has 0 fully saturated rings. The molecule has 0 heterocycles. The molecule has 2 amide bonds. The number of fused-ring (bicyclic) bond motifs is 3. The Morgan fingerprint density at radius 3 is 2.10 bits per heavy atom. The number of amides is 2. The number of nitrogens with one attached hydrogen (secondary N) is 2. The summed E-state index contributed by atoms with van der Waals surface area (Å²) in [6, 6.07) is 15.2. The first-order valence-corrected chi connectivity index (χ1v) is 10.5. The maximum absolute atomic E-state index is 12.5. The zero-order chi connectivity index (χ0) is 22.4. The second-order valence-electron chi connectivity index (χ2n) is 8.11. The number of benzene rings is 2. The van der Waals surface area contributed by atoms with Crippen LogP contribution in [0.15, 0.2) is 48.5 Å². The van der Waals surface area contributed by atoms with Crippen LogP contribution in [0.2, 0.25) is 0 Å². The number of carbonyl (C=O) groups is 3. The molecule has 1 atom stereocenters. The minimum atomic E-state index is -1.14. The summed E-state index contributed by atoms with van der Waals surface area (Å²) in [5, 5.41) is 13.7. The van der Waals surface area contributed by atoms with Crippen LogP contribution >= 0.6 is 0 Å². The zero-order valence-electron chi connectivity index (χ0n) is 17.8. The minimum Gasteiger partial charge on any atom is -0.480 e. The first-order valence-electron chi connectivity index (χ1n) is 10.5. The van der Waals surface area contributed by atoms with Gasteiger partial charge in [-0.3, -0.25) is 9.59 Å². The second kappa shape index (κ2) is 10.1. The molecule has 1 unspecified atom stereocenters. The lowest BCUT2D eigenvalue weighted by Gasteiger charge is -2.20. The average molecular weight is 424 g/mol. The average Bonchev–Trinajstić information content (AvgIpc) is 3.07. The molecule has 7 heteroatoms. The number of aliphatic carboxylic acids is 1. The van der Waals surface area contributed by atoms with Crippen molar-refractivity contribution in [3.63, 3.8) is 0 Å². The van der Waals surface area contributed by atoms with E-state index in [1.165, 1.54) is 0 Å². The summed E-state index contributed by atoms with van der Waals surface area (Å²) in [4.78, 5) is 35.6. The Balaban J connectivity index is 1.64. The van der Waals surface area contributed by atoms with Gasteiger partial charge in [-0.15, -0.1) is 0 Å². The van der Waals surface area contributed by atoms with Gasteiger partial charge in [0.25, 0.3) is 0 Å². The Bertz CT molecular complexity index is 911. The number of rotatable bonds is 9. The van der Waals surface area contributed by atoms with Gasteiger partial charge in [0.1, 0.15) is 19.2 Å². The quantitative estimate of drug-likeness (QED) is 0.571. The Kier molecular flexibility index (Phi) is 7.28. The minimum absolute atomic E-state index is 0.0758. The highest BCUT2D eigenvalue weighted by atomic mass is 16.5. The molecular formula is C24H28N2O5. The van der Waals surface area contributed by atoms with Crippen molar-refractivity contribution in [3.8, 4) is 11.1 Å². The fourth-order valence-electron chi connectivity index (χ4n) is 3.84. The van der Waals surface area contributed by atoms with E-state index in [2.05, 4.69) is 22.8 Å². The van der Waals surface area contributed by atoms with E-state index >= 15 is 0 Å². The number of hydrogen-bond acceptors (Lipinski definition) is 4. The number of ether oxygens (including phenoxy) is 1. The van der Waals surface area contributed by atoms with Gasteiger partial charge in [-0.05, 0) is 41.0 Å². The highest BCUT2D eigenvalue weighted by molar-refractivity contribution is 5.88. The lowest BCUT2D eigenvalue weighted by Crippen LogP contribution is -2.48. The molecule has 31 heavy (non-hydrogen) atoms. The van der Waals surface area contributed by atoms with Crippen molar-refractivity contribution >= 4 is 18.0 Å². The van der Waals surface area contributed by atoms with Crippen LogP contribution in [0.25, 0.3) is 11.1 Å². The van der Waals surface area contributed by atoms with Gasteiger partial charge < -0.3 is 20.5 Å². The molecule has 0 aliphatic heterocycles. The van der Waals surface area contributed by atoms with Crippen molar-refractivity contribution in [3.05, 3.63) is 59.7 Å². The number of carboxylic acid groups (broad SMARTS) is 1. The molecular weight excluding hydrogens is 396 g/mol. The van der Waals surface area contributed by atoms with E-state index in [1.54, 1.807) is 0 Å². The predicted octanol–water partition coefficient (Wildman–Crippen LogP) is 3.53. The van der Waals surface area contributed by atoms with Crippen LogP contribution < -0.4 is 10.6 Å². The van der Waals surface area contributed by atoms with Gasteiger partial charge in [-0.2, -0.15) is 0 Å². The summed E-state index contributed by atoms with van der Waals surface area (Å²) >= 11 is 0. The van der Waals surface area contributed by atoms with E-state index in [-0.39, 0.29) is 12.5 Å². The third kappa shape index (κ3) is 5.63. The van der Waals surface area contributed by atoms with Crippen LogP contribution in [0.5, 0.6) is 0 Å². The van der Waals surface area contributed by atoms with Crippen LogP contribution in [0.1, 0.15) is 43.7 Å². The van der Waals surface area contributed by atoms with E-state index in [1.807, 2.05) is 50.2 Å². The Labute approximate surface area is 181 Å². The molecule has 2 aromatic rings. The van der Waals surface area contributed by atoms with Crippen molar-refractivity contribution in [2.45, 2.75) is 38.6 Å². The van der Waals surface area contributed by atoms with Gasteiger partial charge in [0, 0.05) is 5.92 Å². The normalized spacial score (nSPS) is 13.3. The van der Waals surface area contributed by atoms with Crippen LogP contribution in [0, 0.1) is 5.92 Å². The maximum atomic E-state index is 12.5. The third-order valence-corrected chi connectivity index (χ3v) is 5.40. The summed E-state index contributed by atoms with van der Waals surface area (Å²) in [5.41, 5.74) is 4.48. The molecule has 0 spiro atoms. The predicted molar refractivity (Wildman–Crippen MR) is 117 cm³/mol. The molecule has 2 aromatic carbocycles. The van der Waals surface area contributed by atoms with Crippen molar-refractivity contribution in [2.75, 3.05) is 13.2 Å². The van der Waals surface area contributed by atoms with Crippen molar-refractivity contribution in [2.24, 2.45) is 5.92 Å². The highest BCUT2D eigenvalue weighted by Gasteiger charge is 2.29. The first-order chi connectivity index (χ1) is 14.9. The lowest BCUT2D eigenvalue weighted by molar-refractivity contribution is -0.138. The van der Waals surface area contributed by atoms with Gasteiger partial charge in [-0.1, -0.05) is 62.4 Å². The number of alkyl carbamates (subject to hydrolysis) is 1. The molecule has 0 saturated heterocycles. The molecule has 0 aromatic heterocycles. The van der Waals surface area contributed by atoms with Crippen LogP contribution in [0.4, 0.5) is 4.79 Å². The summed E-state index contributed by atoms with van der Waals surface area (Å²) in [5.74, 6) is -1.42. The second-order valence-corrected chi connectivity index (χ2v) is 8.11. The fraction of sp³-hybridized carbons (Fsp3) is 0.375. The van der Waals surface area contributed by atoms with E-state index in [4.69, 9.17) is 9.84 Å². The van der Waals surface area contributed by atoms with Crippen LogP contribution in [-0.2, 0) is 14.3 Å². The molecule has 1 aliphatic rings. The number of carbonyl (C=O) groups excluding carboxylic acids is 2. The molecule has 7 nitrogen and oxygen atoms in total. The molecule has 1 aliphatic carbocycles. The van der Waals surface area contributed by atoms with Crippen LogP contribution in [0.3, 0.4) is 0 Å². The number of carboxylic acids is 1. The van der Waals surface area contributed by atoms with Crippen molar-refractivity contribution in [1.29, 1.82) is 0 Å². The van der Waals surface area contributed by atoms with Crippen molar-refractivity contribution in [1.82, 2.24) is 10.6 Å². The van der Waals surface area contributed by atoms with Gasteiger partial charge >= 0.3 is 12.1 Å². The Morgan fingerprint density at radius 1 is 0.968 bits per heavy atom. The summed E-state index contributed by atoms with van der Waals surface area (Å²) in [6.45, 7) is 3.68.